The largest absolute Gasteiger partial charge is 0.389 e. The van der Waals surface area contributed by atoms with E-state index in [2.05, 4.69) is 10.3 Å². The molecular weight excluding hydrogens is 459 g/mol. The highest BCUT2D eigenvalue weighted by Crippen LogP contribution is 2.30. The van der Waals surface area contributed by atoms with Crippen LogP contribution in [0.3, 0.4) is 0 Å². The van der Waals surface area contributed by atoms with Crippen LogP contribution in [-0.4, -0.2) is 42.7 Å². The van der Waals surface area contributed by atoms with Gasteiger partial charge in [0.15, 0.2) is 0 Å². The van der Waals surface area contributed by atoms with Gasteiger partial charge in [-0.1, -0.05) is 55.5 Å². The second-order valence-corrected chi connectivity index (χ2v) is 8.55. The van der Waals surface area contributed by atoms with Crippen LogP contribution in [0.1, 0.15) is 44.2 Å². The number of ketones is 1. The molecule has 0 radical (unpaired) electrons. The number of benzene rings is 2. The number of benzodiazepines with no additional fused rings is 1. The highest BCUT2D eigenvalue weighted by atomic mass is 19.4. The molecule has 0 fully saturated rings. The summed E-state index contributed by atoms with van der Waals surface area (Å²) in [4.78, 5) is 44.6. The summed E-state index contributed by atoms with van der Waals surface area (Å²) in [5.41, 5.74) is 2.54. The van der Waals surface area contributed by atoms with Crippen molar-refractivity contribution in [2.75, 3.05) is 11.9 Å². The Balaban J connectivity index is 1.96. The van der Waals surface area contributed by atoms with Crippen molar-refractivity contribution in [1.29, 1.82) is 0 Å². The lowest BCUT2D eigenvalue weighted by Gasteiger charge is -2.26. The van der Waals surface area contributed by atoms with E-state index in [0.717, 1.165) is 5.56 Å². The number of likely N-dealkylation sites (N-methyl/N-ethyl adjacent to an activating group) is 1. The summed E-state index contributed by atoms with van der Waals surface area (Å²) in [6.45, 7) is 2.81. The summed E-state index contributed by atoms with van der Waals surface area (Å²) in [5.74, 6) is -3.81. The topological polar surface area (TPSA) is 78.8 Å². The van der Waals surface area contributed by atoms with Gasteiger partial charge < -0.3 is 10.2 Å². The zero-order valence-corrected chi connectivity index (χ0v) is 19.8. The monoisotopic (exact) mass is 487 g/mol. The van der Waals surface area contributed by atoms with E-state index in [0.29, 0.717) is 17.0 Å². The van der Waals surface area contributed by atoms with Crippen molar-refractivity contribution in [2.45, 2.75) is 45.5 Å². The van der Waals surface area contributed by atoms with Gasteiger partial charge in [0, 0.05) is 36.4 Å². The number of carbonyl (C=O) groups is 3. The van der Waals surface area contributed by atoms with E-state index in [1.165, 1.54) is 11.8 Å². The molecule has 9 heteroatoms. The first-order valence-electron chi connectivity index (χ1n) is 11.4. The van der Waals surface area contributed by atoms with Crippen molar-refractivity contribution >= 4 is 29.0 Å². The van der Waals surface area contributed by atoms with Gasteiger partial charge in [-0.25, -0.2) is 4.99 Å². The van der Waals surface area contributed by atoms with Gasteiger partial charge in [-0.3, -0.25) is 14.4 Å². The number of hydrogen-bond acceptors (Lipinski definition) is 4. The maximum atomic E-state index is 13.3. The molecule has 0 saturated heterocycles. The van der Waals surface area contributed by atoms with Gasteiger partial charge >= 0.3 is 6.18 Å². The number of rotatable bonds is 8. The fourth-order valence-corrected chi connectivity index (χ4v) is 4.34. The molecule has 3 atom stereocenters. The van der Waals surface area contributed by atoms with E-state index in [1.807, 2.05) is 42.5 Å². The summed E-state index contributed by atoms with van der Waals surface area (Å²) < 4.78 is 38.4. The first kappa shape index (κ1) is 26.1. The summed E-state index contributed by atoms with van der Waals surface area (Å²) in [6.07, 6.45) is -7.27. The lowest BCUT2D eigenvalue weighted by atomic mass is 9.83. The van der Waals surface area contributed by atoms with Gasteiger partial charge in [0.05, 0.1) is 11.4 Å². The average molecular weight is 488 g/mol. The molecule has 6 nitrogen and oxygen atoms in total. The van der Waals surface area contributed by atoms with Gasteiger partial charge in [-0.15, -0.1) is 0 Å². The number of halogens is 3. The average Bonchev–Trinajstić information content (AvgIpc) is 2.92. The minimum Gasteiger partial charge on any atom is -0.326 e. The molecule has 0 aromatic heterocycles. The Morgan fingerprint density at radius 1 is 1.06 bits per heavy atom. The van der Waals surface area contributed by atoms with E-state index < -0.39 is 54.6 Å². The number of para-hydroxylation sites is 1. The molecule has 1 aliphatic rings. The number of carbonyl (C=O) groups excluding carboxylic acids is 3. The van der Waals surface area contributed by atoms with Crippen molar-refractivity contribution in [3.63, 3.8) is 0 Å². The molecule has 186 valence electrons. The molecule has 0 spiro atoms. The normalized spacial score (nSPS) is 17.7. The van der Waals surface area contributed by atoms with Crippen molar-refractivity contribution in [3.05, 3.63) is 65.7 Å². The molecule has 1 aliphatic heterocycles. The Hall–Kier alpha value is -3.49. The van der Waals surface area contributed by atoms with Crippen LogP contribution in [0.25, 0.3) is 0 Å². The van der Waals surface area contributed by atoms with Crippen LogP contribution in [0, 0.1) is 11.8 Å². The van der Waals surface area contributed by atoms with Gasteiger partial charge in [0.1, 0.15) is 5.78 Å². The molecule has 2 amide bonds. The minimum atomic E-state index is -4.44. The maximum Gasteiger partial charge on any atom is 0.389 e. The Bertz CT molecular complexity index is 1120. The van der Waals surface area contributed by atoms with Crippen LogP contribution in [0.15, 0.2) is 59.6 Å². The van der Waals surface area contributed by atoms with Crippen LogP contribution < -0.4 is 10.2 Å². The smallest absolute Gasteiger partial charge is 0.326 e. The summed E-state index contributed by atoms with van der Waals surface area (Å²) in [5, 5.41) is 2.61. The Morgan fingerprint density at radius 2 is 1.69 bits per heavy atom. The van der Waals surface area contributed by atoms with Crippen LogP contribution in [0.4, 0.5) is 18.9 Å². The molecule has 3 rings (SSSR count). The Morgan fingerprint density at radius 3 is 2.29 bits per heavy atom. The van der Waals surface area contributed by atoms with Crippen LogP contribution in [-0.2, 0) is 14.4 Å². The van der Waals surface area contributed by atoms with Gasteiger partial charge in [0.25, 0.3) is 5.91 Å². The van der Waals surface area contributed by atoms with Crippen LogP contribution >= 0.6 is 0 Å². The number of anilines is 1. The number of Topliss-reactive ketones (excluding diaryl/α,β-unsaturated/α-hetero) is 1. The lowest BCUT2D eigenvalue weighted by Crippen LogP contribution is -2.49. The highest BCUT2D eigenvalue weighted by molar-refractivity contribution is 6.20. The highest BCUT2D eigenvalue weighted by Gasteiger charge is 2.37. The predicted molar refractivity (Wildman–Crippen MR) is 127 cm³/mol. The number of hydrogen-bond donors (Lipinski definition) is 1. The van der Waals surface area contributed by atoms with E-state index >= 15 is 0 Å². The SMILES string of the molecule is CC[C@@H](C(=O)N[C@H]1N=C(c2ccccc2)c2ccccc2N(C)C1=O)[C@H](CCC(F)(F)F)C(C)=O. The van der Waals surface area contributed by atoms with Gasteiger partial charge in [-0.2, -0.15) is 13.2 Å². The molecule has 2 aromatic rings. The van der Waals surface area contributed by atoms with Crippen LogP contribution in [0.5, 0.6) is 0 Å². The molecule has 0 aliphatic carbocycles. The predicted octanol–water partition coefficient (Wildman–Crippen LogP) is 4.52. The number of amides is 2. The zero-order valence-electron chi connectivity index (χ0n) is 19.8. The van der Waals surface area contributed by atoms with Crippen molar-refractivity contribution in [2.24, 2.45) is 16.8 Å². The number of nitrogens with one attached hydrogen (secondary N) is 1. The van der Waals surface area contributed by atoms with Gasteiger partial charge in [-0.05, 0) is 25.8 Å². The molecule has 0 bridgehead atoms. The molecule has 1 N–H and O–H groups in total. The van der Waals surface area contributed by atoms with E-state index in [-0.39, 0.29) is 6.42 Å². The third-order valence-electron chi connectivity index (χ3n) is 6.19. The third-order valence-corrected chi connectivity index (χ3v) is 6.19. The van der Waals surface area contributed by atoms with E-state index in [1.54, 1.807) is 26.1 Å². The molecule has 1 heterocycles. The first-order chi connectivity index (χ1) is 16.5. The fraction of sp³-hybridized carbons (Fsp3) is 0.385. The second kappa shape index (κ2) is 10.8. The molecular formula is C26H28F3N3O3. The number of fused-ring (bicyclic) bond motifs is 1. The number of alkyl halides is 3. The quantitative estimate of drug-likeness (QED) is 0.595. The number of aliphatic imine (C=N–C) groups is 1. The number of nitrogens with zero attached hydrogens (tertiary/aromatic N) is 2. The first-order valence-corrected chi connectivity index (χ1v) is 11.4. The molecule has 0 unspecified atom stereocenters. The summed E-state index contributed by atoms with van der Waals surface area (Å²) in [7, 11) is 1.57. The summed E-state index contributed by atoms with van der Waals surface area (Å²) >= 11 is 0. The summed E-state index contributed by atoms with van der Waals surface area (Å²) in [6, 6.07) is 16.4. The third kappa shape index (κ3) is 6.15. The zero-order chi connectivity index (χ0) is 25.8. The Labute approximate surface area is 202 Å². The van der Waals surface area contributed by atoms with Gasteiger partial charge in [0.2, 0.25) is 12.1 Å². The second-order valence-electron chi connectivity index (χ2n) is 8.55. The molecule has 0 saturated carbocycles. The molecule has 35 heavy (non-hydrogen) atoms. The van der Waals surface area contributed by atoms with Crippen LogP contribution in [0.2, 0.25) is 0 Å². The fourth-order valence-electron chi connectivity index (χ4n) is 4.34. The maximum absolute atomic E-state index is 13.3. The molecule has 2 aromatic carbocycles. The van der Waals surface area contributed by atoms with Crippen molar-refractivity contribution in [3.8, 4) is 0 Å². The standard InChI is InChI=1S/C26H28F3N3O3/c1-4-18(19(16(2)33)14-15-26(27,28)29)24(34)31-23-25(35)32(3)21-13-9-8-12-20(21)22(30-23)17-10-6-5-7-11-17/h5-13,18-19,23H,4,14-15H2,1-3H3,(H,31,34)/t18-,19-,23-/m1/s1. The lowest BCUT2D eigenvalue weighted by molar-refractivity contribution is -0.145. The van der Waals surface area contributed by atoms with Crippen molar-refractivity contribution in [1.82, 2.24) is 5.32 Å². The van der Waals surface area contributed by atoms with E-state index in [4.69, 9.17) is 0 Å². The Kier molecular flexibility index (Phi) is 8.09. The van der Waals surface area contributed by atoms with E-state index in [9.17, 15) is 27.6 Å². The van der Waals surface area contributed by atoms with Crippen molar-refractivity contribution < 1.29 is 27.6 Å². The minimum absolute atomic E-state index is 0.139.